The van der Waals surface area contributed by atoms with Crippen molar-refractivity contribution in [3.8, 4) is 0 Å². The molecule has 1 saturated heterocycles. The predicted molar refractivity (Wildman–Crippen MR) is 62.3 cm³/mol. The van der Waals surface area contributed by atoms with Crippen LogP contribution in [0.5, 0.6) is 0 Å². The zero-order valence-corrected chi connectivity index (χ0v) is 9.60. The third-order valence-corrected chi connectivity index (χ3v) is 3.31. The van der Waals surface area contributed by atoms with E-state index < -0.39 is 0 Å². The second kappa shape index (κ2) is 7.24. The Morgan fingerprint density at radius 2 is 2.07 bits per heavy atom. The first-order valence-electron chi connectivity index (χ1n) is 6.31. The third kappa shape index (κ3) is 4.43. The molecule has 0 radical (unpaired) electrons. The molecule has 1 rings (SSSR count). The molecule has 2 unspecified atom stereocenters. The molecule has 0 amide bonds. The molecule has 0 aromatic carbocycles. The zero-order valence-electron chi connectivity index (χ0n) is 9.60. The topological polar surface area (TPSA) is 38.0 Å². The molecule has 0 aromatic rings. The number of hydrogen-bond acceptors (Lipinski definition) is 2. The van der Waals surface area contributed by atoms with E-state index in [1.165, 1.54) is 51.5 Å². The second-order valence-corrected chi connectivity index (χ2v) is 4.62. The summed E-state index contributed by atoms with van der Waals surface area (Å²) in [6, 6.07) is 0.422. The van der Waals surface area contributed by atoms with E-state index in [-0.39, 0.29) is 0 Å². The first-order chi connectivity index (χ1) is 6.84. The Kier molecular flexibility index (Phi) is 6.20. The van der Waals surface area contributed by atoms with E-state index in [1.807, 2.05) is 0 Å². The predicted octanol–water partition coefficient (Wildman–Crippen LogP) is 2.28. The van der Waals surface area contributed by atoms with Crippen molar-refractivity contribution in [1.82, 2.24) is 5.32 Å². The number of nitrogens with two attached hydrogens (primary N) is 1. The molecule has 84 valence electrons. The fourth-order valence-electron chi connectivity index (χ4n) is 2.33. The summed E-state index contributed by atoms with van der Waals surface area (Å²) in [5.41, 5.74) is 6.19. The molecule has 0 bridgehead atoms. The summed E-state index contributed by atoms with van der Waals surface area (Å²) in [7, 11) is 0. The summed E-state index contributed by atoms with van der Waals surface area (Å²) < 4.78 is 0. The third-order valence-electron chi connectivity index (χ3n) is 3.31. The lowest BCUT2D eigenvalue weighted by Gasteiger charge is -2.23. The van der Waals surface area contributed by atoms with Gasteiger partial charge in [-0.15, -0.1) is 0 Å². The molecule has 0 aromatic heterocycles. The molecule has 3 N–H and O–H groups in total. The van der Waals surface area contributed by atoms with Crippen LogP contribution in [0.2, 0.25) is 0 Å². The van der Waals surface area contributed by atoms with Gasteiger partial charge in [0.15, 0.2) is 0 Å². The van der Waals surface area contributed by atoms with Gasteiger partial charge in [-0.2, -0.15) is 0 Å². The minimum atomic E-state index is 0.422. The minimum absolute atomic E-state index is 0.422. The molecule has 1 aliphatic rings. The monoisotopic (exact) mass is 198 g/mol. The van der Waals surface area contributed by atoms with Gasteiger partial charge in [-0.1, -0.05) is 32.6 Å². The summed E-state index contributed by atoms with van der Waals surface area (Å²) in [6.45, 7) is 4.55. The molecule has 0 aliphatic carbocycles. The van der Waals surface area contributed by atoms with Crippen LogP contribution in [-0.4, -0.2) is 19.1 Å². The first kappa shape index (κ1) is 12.0. The lowest BCUT2D eigenvalue weighted by atomic mass is 9.91. The number of rotatable bonds is 3. The Hall–Kier alpha value is -0.0800. The molecular weight excluding hydrogens is 172 g/mol. The maximum Gasteiger partial charge on any atom is 0.00791 e. The van der Waals surface area contributed by atoms with Gasteiger partial charge in [-0.05, 0) is 38.3 Å². The van der Waals surface area contributed by atoms with Crippen molar-refractivity contribution >= 4 is 0 Å². The van der Waals surface area contributed by atoms with Crippen LogP contribution < -0.4 is 11.1 Å². The van der Waals surface area contributed by atoms with Crippen molar-refractivity contribution in [1.29, 1.82) is 0 Å². The van der Waals surface area contributed by atoms with E-state index in [9.17, 15) is 0 Å². The van der Waals surface area contributed by atoms with Crippen LogP contribution in [0.3, 0.4) is 0 Å². The summed E-state index contributed by atoms with van der Waals surface area (Å²) >= 11 is 0. The minimum Gasteiger partial charge on any atom is -0.327 e. The highest BCUT2D eigenvalue weighted by atomic mass is 14.9. The van der Waals surface area contributed by atoms with Gasteiger partial charge in [0.1, 0.15) is 0 Å². The van der Waals surface area contributed by atoms with Gasteiger partial charge in [-0.25, -0.2) is 0 Å². The molecule has 2 nitrogen and oxygen atoms in total. The maximum atomic E-state index is 6.19. The Balaban J connectivity index is 2.31. The molecule has 1 fully saturated rings. The largest absolute Gasteiger partial charge is 0.327 e. The molecule has 2 heteroatoms. The highest BCUT2D eigenvalue weighted by molar-refractivity contribution is 4.75. The van der Waals surface area contributed by atoms with Gasteiger partial charge >= 0.3 is 0 Å². The van der Waals surface area contributed by atoms with Crippen LogP contribution in [-0.2, 0) is 0 Å². The molecule has 0 saturated carbocycles. The van der Waals surface area contributed by atoms with Gasteiger partial charge in [-0.3, -0.25) is 0 Å². The van der Waals surface area contributed by atoms with Crippen molar-refractivity contribution in [2.75, 3.05) is 13.1 Å². The molecule has 1 aliphatic heterocycles. The second-order valence-electron chi connectivity index (χ2n) is 4.62. The quantitative estimate of drug-likeness (QED) is 0.730. The fourth-order valence-corrected chi connectivity index (χ4v) is 2.33. The highest BCUT2D eigenvalue weighted by Crippen LogP contribution is 2.17. The summed E-state index contributed by atoms with van der Waals surface area (Å²) in [5, 5.41) is 3.54. The lowest BCUT2D eigenvalue weighted by Crippen LogP contribution is -2.37. The van der Waals surface area contributed by atoms with Crippen molar-refractivity contribution in [2.45, 2.75) is 57.9 Å². The Labute approximate surface area is 88.6 Å². The molecule has 2 atom stereocenters. The van der Waals surface area contributed by atoms with E-state index >= 15 is 0 Å². The smallest absolute Gasteiger partial charge is 0.00791 e. The number of nitrogens with one attached hydrogen (secondary N) is 1. The fraction of sp³-hybridized carbons (Fsp3) is 1.00. The first-order valence-corrected chi connectivity index (χ1v) is 6.31. The van der Waals surface area contributed by atoms with Crippen LogP contribution in [0.1, 0.15) is 51.9 Å². The van der Waals surface area contributed by atoms with Crippen LogP contribution >= 0.6 is 0 Å². The number of hydrogen-bond donors (Lipinski definition) is 2. The zero-order chi connectivity index (χ0) is 10.2. The Morgan fingerprint density at radius 1 is 1.29 bits per heavy atom. The standard InChI is InChI=1S/C12H26N2/c1-2-7-12(13)11-8-5-3-4-6-9-14-10-11/h11-12,14H,2-10,13H2,1H3. The van der Waals surface area contributed by atoms with Crippen molar-refractivity contribution < 1.29 is 0 Å². The van der Waals surface area contributed by atoms with E-state index in [4.69, 9.17) is 5.73 Å². The van der Waals surface area contributed by atoms with Gasteiger partial charge in [0.25, 0.3) is 0 Å². The Bertz CT molecular complexity index is 126. The van der Waals surface area contributed by atoms with Gasteiger partial charge in [0.2, 0.25) is 0 Å². The van der Waals surface area contributed by atoms with E-state index in [0.717, 1.165) is 6.54 Å². The van der Waals surface area contributed by atoms with Gasteiger partial charge in [0.05, 0.1) is 0 Å². The summed E-state index contributed by atoms with van der Waals surface area (Å²) in [5.74, 6) is 0.716. The van der Waals surface area contributed by atoms with Gasteiger partial charge in [0, 0.05) is 6.04 Å². The SMILES string of the molecule is CCCC(N)C1CCCCCCNC1. The van der Waals surface area contributed by atoms with E-state index in [0.29, 0.717) is 12.0 Å². The van der Waals surface area contributed by atoms with Crippen molar-refractivity contribution in [3.63, 3.8) is 0 Å². The lowest BCUT2D eigenvalue weighted by molar-refractivity contribution is 0.353. The van der Waals surface area contributed by atoms with Crippen molar-refractivity contribution in [3.05, 3.63) is 0 Å². The van der Waals surface area contributed by atoms with Crippen molar-refractivity contribution in [2.24, 2.45) is 11.7 Å². The normalized spacial score (nSPS) is 27.4. The molecule has 0 spiro atoms. The van der Waals surface area contributed by atoms with Crippen LogP contribution in [0, 0.1) is 5.92 Å². The maximum absolute atomic E-state index is 6.19. The van der Waals surface area contributed by atoms with Gasteiger partial charge < -0.3 is 11.1 Å². The van der Waals surface area contributed by atoms with E-state index in [2.05, 4.69) is 12.2 Å². The summed E-state index contributed by atoms with van der Waals surface area (Å²) in [6.07, 6.45) is 9.25. The van der Waals surface area contributed by atoms with Crippen LogP contribution in [0.25, 0.3) is 0 Å². The Morgan fingerprint density at radius 3 is 2.86 bits per heavy atom. The average molecular weight is 198 g/mol. The average Bonchev–Trinajstić information content (AvgIpc) is 2.30. The molecule has 1 heterocycles. The van der Waals surface area contributed by atoms with E-state index in [1.54, 1.807) is 0 Å². The molecular formula is C12H26N2. The summed E-state index contributed by atoms with van der Waals surface area (Å²) in [4.78, 5) is 0. The van der Waals surface area contributed by atoms with Crippen LogP contribution in [0.4, 0.5) is 0 Å². The molecule has 14 heavy (non-hydrogen) atoms. The van der Waals surface area contributed by atoms with Crippen LogP contribution in [0.15, 0.2) is 0 Å². The highest BCUT2D eigenvalue weighted by Gasteiger charge is 2.16.